The van der Waals surface area contributed by atoms with Crippen LogP contribution in [0.5, 0.6) is 0 Å². The Kier molecular flexibility index (Phi) is 5.60. The van der Waals surface area contributed by atoms with Gasteiger partial charge in [-0.05, 0) is 43.5 Å². The van der Waals surface area contributed by atoms with Crippen molar-refractivity contribution < 1.29 is 9.59 Å². The molecule has 5 heteroatoms. The zero-order valence-electron chi connectivity index (χ0n) is 12.3. The van der Waals surface area contributed by atoms with Gasteiger partial charge >= 0.3 is 0 Å². The molecule has 1 heterocycles. The number of benzene rings is 1. The predicted octanol–water partition coefficient (Wildman–Crippen LogP) is 2.39. The molecule has 21 heavy (non-hydrogen) atoms. The molecule has 0 aliphatic carbocycles. The van der Waals surface area contributed by atoms with Gasteiger partial charge in [0.1, 0.15) is 0 Å². The number of carbonyl (C=O) groups is 2. The first kappa shape index (κ1) is 15.4. The number of hydrogen-bond donors (Lipinski definition) is 2. The average Bonchev–Trinajstić information content (AvgIpc) is 2.67. The fourth-order valence-electron chi connectivity index (χ4n) is 2.50. The van der Waals surface area contributed by atoms with E-state index in [0.29, 0.717) is 31.5 Å². The molecule has 3 N–H and O–H groups in total. The number of rotatable bonds is 5. The SMILES string of the molecule is Nc1ccc(NC(=O)CCCN2CCCCCC2=O)cc1. The van der Waals surface area contributed by atoms with Gasteiger partial charge in [-0.1, -0.05) is 6.42 Å². The minimum atomic E-state index is -0.0259. The van der Waals surface area contributed by atoms with Crippen LogP contribution >= 0.6 is 0 Å². The Labute approximate surface area is 125 Å². The quantitative estimate of drug-likeness (QED) is 0.817. The zero-order valence-corrected chi connectivity index (χ0v) is 12.3. The zero-order chi connectivity index (χ0) is 15.1. The molecule has 1 aromatic rings. The van der Waals surface area contributed by atoms with E-state index in [9.17, 15) is 9.59 Å². The molecule has 0 bridgehead atoms. The normalized spacial score (nSPS) is 15.6. The molecule has 0 spiro atoms. The summed E-state index contributed by atoms with van der Waals surface area (Å²) < 4.78 is 0. The molecule has 2 amide bonds. The van der Waals surface area contributed by atoms with E-state index in [4.69, 9.17) is 5.73 Å². The molecule has 1 aliphatic heterocycles. The molecule has 1 saturated heterocycles. The van der Waals surface area contributed by atoms with E-state index in [1.54, 1.807) is 24.3 Å². The van der Waals surface area contributed by atoms with Crippen molar-refractivity contribution in [2.75, 3.05) is 24.1 Å². The highest BCUT2D eigenvalue weighted by atomic mass is 16.2. The number of amides is 2. The third-order valence-corrected chi connectivity index (χ3v) is 3.70. The third kappa shape index (κ3) is 5.10. The second-order valence-corrected chi connectivity index (χ2v) is 5.47. The molecule has 1 fully saturated rings. The fraction of sp³-hybridized carbons (Fsp3) is 0.500. The molecule has 0 radical (unpaired) electrons. The van der Waals surface area contributed by atoms with Crippen molar-refractivity contribution in [3.8, 4) is 0 Å². The number of nitrogen functional groups attached to an aromatic ring is 1. The largest absolute Gasteiger partial charge is 0.399 e. The minimum Gasteiger partial charge on any atom is -0.399 e. The van der Waals surface area contributed by atoms with E-state index >= 15 is 0 Å². The molecule has 114 valence electrons. The maximum absolute atomic E-state index is 11.8. The van der Waals surface area contributed by atoms with Gasteiger partial charge in [-0.2, -0.15) is 0 Å². The standard InChI is InChI=1S/C16H23N3O2/c17-13-7-9-14(10-8-13)18-15(20)5-4-12-19-11-3-1-2-6-16(19)21/h7-10H,1-6,11-12,17H2,(H,18,20). The van der Waals surface area contributed by atoms with Gasteiger partial charge in [-0.15, -0.1) is 0 Å². The minimum absolute atomic E-state index is 0.0259. The average molecular weight is 289 g/mol. The van der Waals surface area contributed by atoms with Crippen LogP contribution in [0.25, 0.3) is 0 Å². The van der Waals surface area contributed by atoms with Crippen molar-refractivity contribution in [2.24, 2.45) is 0 Å². The molecular weight excluding hydrogens is 266 g/mol. The highest BCUT2D eigenvalue weighted by Crippen LogP contribution is 2.13. The number of nitrogens with two attached hydrogens (primary N) is 1. The number of nitrogens with one attached hydrogen (secondary N) is 1. The lowest BCUT2D eigenvalue weighted by molar-refractivity contribution is -0.131. The van der Waals surface area contributed by atoms with E-state index in [2.05, 4.69) is 5.32 Å². The Morgan fingerprint density at radius 1 is 1.19 bits per heavy atom. The molecule has 5 nitrogen and oxygen atoms in total. The van der Waals surface area contributed by atoms with Gasteiger partial charge < -0.3 is 16.0 Å². The maximum atomic E-state index is 11.8. The molecule has 1 aromatic carbocycles. The number of nitrogens with zero attached hydrogens (tertiary/aromatic N) is 1. The first-order chi connectivity index (χ1) is 10.1. The van der Waals surface area contributed by atoms with Crippen molar-refractivity contribution >= 4 is 23.2 Å². The number of carbonyl (C=O) groups excluding carboxylic acids is 2. The van der Waals surface area contributed by atoms with Crippen LogP contribution in [0.3, 0.4) is 0 Å². The second-order valence-electron chi connectivity index (χ2n) is 5.47. The van der Waals surface area contributed by atoms with Crippen molar-refractivity contribution in [2.45, 2.75) is 38.5 Å². The van der Waals surface area contributed by atoms with E-state index in [1.165, 1.54) is 0 Å². The van der Waals surface area contributed by atoms with Gasteiger partial charge in [0.25, 0.3) is 0 Å². The van der Waals surface area contributed by atoms with Gasteiger partial charge in [0.15, 0.2) is 0 Å². The van der Waals surface area contributed by atoms with E-state index in [1.807, 2.05) is 4.90 Å². The number of likely N-dealkylation sites (tertiary alicyclic amines) is 1. The summed E-state index contributed by atoms with van der Waals surface area (Å²) in [5.41, 5.74) is 7.02. The summed E-state index contributed by atoms with van der Waals surface area (Å²) in [5, 5.41) is 2.83. The summed E-state index contributed by atoms with van der Waals surface area (Å²) in [7, 11) is 0. The van der Waals surface area contributed by atoms with Crippen LogP contribution in [-0.2, 0) is 9.59 Å². The van der Waals surface area contributed by atoms with Crippen LogP contribution in [-0.4, -0.2) is 29.8 Å². The fourth-order valence-corrected chi connectivity index (χ4v) is 2.50. The lowest BCUT2D eigenvalue weighted by Crippen LogP contribution is -2.31. The van der Waals surface area contributed by atoms with Crippen molar-refractivity contribution in [3.63, 3.8) is 0 Å². The van der Waals surface area contributed by atoms with Gasteiger partial charge in [-0.3, -0.25) is 9.59 Å². The van der Waals surface area contributed by atoms with Crippen LogP contribution in [0.2, 0.25) is 0 Å². The van der Waals surface area contributed by atoms with Crippen LogP contribution in [0, 0.1) is 0 Å². The molecule has 2 rings (SSSR count). The first-order valence-corrected chi connectivity index (χ1v) is 7.58. The van der Waals surface area contributed by atoms with Crippen LogP contribution < -0.4 is 11.1 Å². The van der Waals surface area contributed by atoms with Gasteiger partial charge in [0.2, 0.25) is 11.8 Å². The molecular formula is C16H23N3O2. The maximum Gasteiger partial charge on any atom is 0.224 e. The Balaban J connectivity index is 1.71. The van der Waals surface area contributed by atoms with Crippen LogP contribution in [0.1, 0.15) is 38.5 Å². The summed E-state index contributed by atoms with van der Waals surface area (Å²) in [6.07, 6.45) is 4.97. The Bertz CT molecular complexity index is 485. The Morgan fingerprint density at radius 3 is 2.71 bits per heavy atom. The highest BCUT2D eigenvalue weighted by molar-refractivity contribution is 5.90. The summed E-state index contributed by atoms with van der Waals surface area (Å²) >= 11 is 0. The van der Waals surface area contributed by atoms with E-state index in [0.717, 1.165) is 31.5 Å². The topological polar surface area (TPSA) is 75.4 Å². The molecule has 0 atom stereocenters. The van der Waals surface area contributed by atoms with Crippen molar-refractivity contribution in [1.29, 1.82) is 0 Å². The Hall–Kier alpha value is -2.04. The smallest absolute Gasteiger partial charge is 0.224 e. The Morgan fingerprint density at radius 2 is 1.95 bits per heavy atom. The monoisotopic (exact) mass is 289 g/mol. The lowest BCUT2D eigenvalue weighted by atomic mass is 10.2. The number of hydrogen-bond acceptors (Lipinski definition) is 3. The number of anilines is 2. The van der Waals surface area contributed by atoms with Crippen molar-refractivity contribution in [3.05, 3.63) is 24.3 Å². The highest BCUT2D eigenvalue weighted by Gasteiger charge is 2.16. The van der Waals surface area contributed by atoms with Gasteiger partial charge in [-0.25, -0.2) is 0 Å². The first-order valence-electron chi connectivity index (χ1n) is 7.58. The van der Waals surface area contributed by atoms with Crippen molar-refractivity contribution in [1.82, 2.24) is 4.90 Å². The van der Waals surface area contributed by atoms with Crippen LogP contribution in [0.15, 0.2) is 24.3 Å². The second kappa shape index (κ2) is 7.67. The van der Waals surface area contributed by atoms with E-state index in [-0.39, 0.29) is 11.8 Å². The summed E-state index contributed by atoms with van der Waals surface area (Å²) in [5.74, 6) is 0.202. The predicted molar refractivity (Wildman–Crippen MR) is 83.8 cm³/mol. The van der Waals surface area contributed by atoms with Gasteiger partial charge in [0, 0.05) is 37.3 Å². The lowest BCUT2D eigenvalue weighted by Gasteiger charge is -2.20. The molecule has 0 unspecified atom stereocenters. The van der Waals surface area contributed by atoms with E-state index < -0.39 is 0 Å². The summed E-state index contributed by atoms with van der Waals surface area (Å²) in [4.78, 5) is 25.6. The molecule has 0 aromatic heterocycles. The third-order valence-electron chi connectivity index (χ3n) is 3.70. The summed E-state index contributed by atoms with van der Waals surface area (Å²) in [6, 6.07) is 7.08. The molecule has 0 saturated carbocycles. The molecule has 1 aliphatic rings. The summed E-state index contributed by atoms with van der Waals surface area (Å²) in [6.45, 7) is 1.51. The van der Waals surface area contributed by atoms with Crippen LogP contribution in [0.4, 0.5) is 11.4 Å². The van der Waals surface area contributed by atoms with Gasteiger partial charge in [0.05, 0.1) is 0 Å².